The first-order chi connectivity index (χ1) is 7.23. The van der Waals surface area contributed by atoms with E-state index < -0.39 is 11.4 Å². The standard InChI is InChI=1S/C11H19NO3/c13-10(14)11(3-5-12-6-4-11)8-15-7-9-1-2-9/h9,12H,1-8H2,(H,13,14). The van der Waals surface area contributed by atoms with Gasteiger partial charge in [0.1, 0.15) is 0 Å². The van der Waals surface area contributed by atoms with E-state index >= 15 is 0 Å². The summed E-state index contributed by atoms with van der Waals surface area (Å²) in [7, 11) is 0. The third kappa shape index (κ3) is 2.69. The van der Waals surface area contributed by atoms with Gasteiger partial charge in [0.05, 0.1) is 12.0 Å². The van der Waals surface area contributed by atoms with Crippen LogP contribution in [0.25, 0.3) is 0 Å². The molecule has 1 aliphatic heterocycles. The normalized spacial score (nSPS) is 25.1. The van der Waals surface area contributed by atoms with Crippen molar-refractivity contribution < 1.29 is 14.6 Å². The molecule has 0 aromatic heterocycles. The number of ether oxygens (including phenoxy) is 1. The highest BCUT2D eigenvalue weighted by Gasteiger charge is 2.40. The molecular formula is C11H19NO3. The zero-order chi connectivity index (χ0) is 10.7. The molecule has 2 rings (SSSR count). The van der Waals surface area contributed by atoms with Gasteiger partial charge in [-0.05, 0) is 44.7 Å². The molecule has 0 aromatic rings. The molecule has 0 bridgehead atoms. The molecule has 0 spiro atoms. The van der Waals surface area contributed by atoms with Gasteiger partial charge in [0.25, 0.3) is 0 Å². The Labute approximate surface area is 90.0 Å². The van der Waals surface area contributed by atoms with E-state index in [4.69, 9.17) is 4.74 Å². The van der Waals surface area contributed by atoms with Gasteiger partial charge in [-0.3, -0.25) is 4.79 Å². The molecule has 2 N–H and O–H groups in total. The van der Waals surface area contributed by atoms with Crippen molar-refractivity contribution in [2.45, 2.75) is 25.7 Å². The topological polar surface area (TPSA) is 58.6 Å². The van der Waals surface area contributed by atoms with Crippen LogP contribution in [0.2, 0.25) is 0 Å². The second-order valence-electron chi connectivity index (χ2n) is 4.79. The molecule has 0 aromatic carbocycles. The first kappa shape index (κ1) is 10.9. The molecule has 2 fully saturated rings. The largest absolute Gasteiger partial charge is 0.481 e. The van der Waals surface area contributed by atoms with Gasteiger partial charge in [-0.1, -0.05) is 0 Å². The van der Waals surface area contributed by atoms with Crippen LogP contribution in [0.4, 0.5) is 0 Å². The molecule has 1 heterocycles. The number of carboxylic acids is 1. The maximum Gasteiger partial charge on any atom is 0.312 e. The van der Waals surface area contributed by atoms with Crippen LogP contribution in [0.5, 0.6) is 0 Å². The van der Waals surface area contributed by atoms with Gasteiger partial charge < -0.3 is 15.2 Å². The zero-order valence-corrected chi connectivity index (χ0v) is 9.00. The Morgan fingerprint density at radius 1 is 1.40 bits per heavy atom. The van der Waals surface area contributed by atoms with Gasteiger partial charge in [-0.2, -0.15) is 0 Å². The summed E-state index contributed by atoms with van der Waals surface area (Å²) in [5.41, 5.74) is -0.625. The third-order valence-electron chi connectivity index (χ3n) is 3.44. The van der Waals surface area contributed by atoms with Crippen molar-refractivity contribution in [2.24, 2.45) is 11.3 Å². The monoisotopic (exact) mass is 213 g/mol. The zero-order valence-electron chi connectivity index (χ0n) is 9.00. The molecule has 1 saturated carbocycles. The maximum absolute atomic E-state index is 11.3. The van der Waals surface area contributed by atoms with E-state index in [0.717, 1.165) is 19.7 Å². The van der Waals surface area contributed by atoms with Gasteiger partial charge in [-0.15, -0.1) is 0 Å². The molecule has 0 radical (unpaired) electrons. The number of nitrogens with one attached hydrogen (secondary N) is 1. The predicted molar refractivity (Wildman–Crippen MR) is 55.7 cm³/mol. The summed E-state index contributed by atoms with van der Waals surface area (Å²) in [5, 5.41) is 12.4. The lowest BCUT2D eigenvalue weighted by Gasteiger charge is -2.33. The Balaban J connectivity index is 1.82. The molecular weight excluding hydrogens is 194 g/mol. The number of rotatable bonds is 5. The van der Waals surface area contributed by atoms with Crippen molar-refractivity contribution in [3.8, 4) is 0 Å². The summed E-state index contributed by atoms with van der Waals surface area (Å²) in [5.74, 6) is 0.0114. The van der Waals surface area contributed by atoms with E-state index in [1.54, 1.807) is 0 Å². The van der Waals surface area contributed by atoms with Gasteiger partial charge in [-0.25, -0.2) is 0 Å². The quantitative estimate of drug-likeness (QED) is 0.711. The molecule has 1 aliphatic carbocycles. The van der Waals surface area contributed by atoms with Crippen molar-refractivity contribution in [1.82, 2.24) is 5.32 Å². The SMILES string of the molecule is O=C(O)C1(COCC2CC2)CCNCC1. The Morgan fingerprint density at radius 2 is 2.07 bits per heavy atom. The summed E-state index contributed by atoms with van der Waals surface area (Å²) in [4.78, 5) is 11.3. The van der Waals surface area contributed by atoms with E-state index in [9.17, 15) is 9.90 Å². The maximum atomic E-state index is 11.3. The molecule has 0 amide bonds. The van der Waals surface area contributed by atoms with Crippen molar-refractivity contribution in [3.05, 3.63) is 0 Å². The summed E-state index contributed by atoms with van der Waals surface area (Å²) in [6.45, 7) is 2.72. The highest BCUT2D eigenvalue weighted by molar-refractivity contribution is 5.75. The van der Waals surface area contributed by atoms with E-state index in [1.165, 1.54) is 12.8 Å². The van der Waals surface area contributed by atoms with E-state index in [1.807, 2.05) is 0 Å². The van der Waals surface area contributed by atoms with Crippen LogP contribution in [0.3, 0.4) is 0 Å². The van der Waals surface area contributed by atoms with Gasteiger partial charge in [0.2, 0.25) is 0 Å². The Bertz CT molecular complexity index is 232. The van der Waals surface area contributed by atoms with E-state index in [0.29, 0.717) is 25.4 Å². The van der Waals surface area contributed by atoms with Gasteiger partial charge >= 0.3 is 5.97 Å². The second-order valence-corrected chi connectivity index (χ2v) is 4.79. The molecule has 86 valence electrons. The van der Waals surface area contributed by atoms with Crippen molar-refractivity contribution in [2.75, 3.05) is 26.3 Å². The lowest BCUT2D eigenvalue weighted by atomic mass is 9.80. The lowest BCUT2D eigenvalue weighted by Crippen LogP contribution is -2.45. The van der Waals surface area contributed by atoms with Crippen LogP contribution in [-0.2, 0) is 9.53 Å². The fourth-order valence-corrected chi connectivity index (χ4v) is 2.03. The minimum absolute atomic E-state index is 0.389. The Morgan fingerprint density at radius 3 is 2.60 bits per heavy atom. The van der Waals surface area contributed by atoms with Crippen molar-refractivity contribution >= 4 is 5.97 Å². The van der Waals surface area contributed by atoms with E-state index in [2.05, 4.69) is 5.32 Å². The number of carboxylic acid groups (broad SMARTS) is 1. The lowest BCUT2D eigenvalue weighted by molar-refractivity contribution is -0.155. The third-order valence-corrected chi connectivity index (χ3v) is 3.44. The number of carbonyl (C=O) groups is 1. The number of aliphatic carboxylic acids is 1. The highest BCUT2D eigenvalue weighted by Crippen LogP contribution is 2.32. The summed E-state index contributed by atoms with van der Waals surface area (Å²) >= 11 is 0. The molecule has 1 saturated heterocycles. The smallest absolute Gasteiger partial charge is 0.312 e. The van der Waals surface area contributed by atoms with Crippen molar-refractivity contribution in [3.63, 3.8) is 0 Å². The molecule has 2 aliphatic rings. The van der Waals surface area contributed by atoms with Crippen molar-refractivity contribution in [1.29, 1.82) is 0 Å². The van der Waals surface area contributed by atoms with Crippen LogP contribution in [-0.4, -0.2) is 37.4 Å². The fraction of sp³-hybridized carbons (Fsp3) is 0.909. The Hall–Kier alpha value is -0.610. The second kappa shape index (κ2) is 4.49. The summed E-state index contributed by atoms with van der Waals surface area (Å²) < 4.78 is 5.55. The average molecular weight is 213 g/mol. The minimum atomic E-state index is -0.695. The number of piperidine rings is 1. The fourth-order valence-electron chi connectivity index (χ4n) is 2.03. The Kier molecular flexibility index (Phi) is 3.26. The molecule has 0 unspecified atom stereocenters. The molecule has 4 nitrogen and oxygen atoms in total. The van der Waals surface area contributed by atoms with Crippen LogP contribution in [0.15, 0.2) is 0 Å². The predicted octanol–water partition coefficient (Wildman–Crippen LogP) is 0.867. The molecule has 15 heavy (non-hydrogen) atoms. The summed E-state index contributed by atoms with van der Waals surface area (Å²) in [6, 6.07) is 0. The number of hydrogen-bond acceptors (Lipinski definition) is 3. The first-order valence-corrected chi connectivity index (χ1v) is 5.75. The summed E-state index contributed by atoms with van der Waals surface area (Å²) in [6.07, 6.45) is 3.88. The first-order valence-electron chi connectivity index (χ1n) is 5.75. The van der Waals surface area contributed by atoms with E-state index in [-0.39, 0.29) is 0 Å². The number of hydrogen-bond donors (Lipinski definition) is 2. The van der Waals surface area contributed by atoms with Crippen LogP contribution >= 0.6 is 0 Å². The van der Waals surface area contributed by atoms with Crippen LogP contribution in [0, 0.1) is 11.3 Å². The highest BCUT2D eigenvalue weighted by atomic mass is 16.5. The minimum Gasteiger partial charge on any atom is -0.481 e. The van der Waals surface area contributed by atoms with Gasteiger partial charge in [0.15, 0.2) is 0 Å². The molecule has 0 atom stereocenters. The van der Waals surface area contributed by atoms with Crippen LogP contribution < -0.4 is 5.32 Å². The van der Waals surface area contributed by atoms with Crippen LogP contribution in [0.1, 0.15) is 25.7 Å². The molecule has 4 heteroatoms. The van der Waals surface area contributed by atoms with Gasteiger partial charge in [0, 0.05) is 6.61 Å². The average Bonchev–Trinajstić information content (AvgIpc) is 3.03.